The van der Waals surface area contributed by atoms with E-state index in [0.717, 1.165) is 36.3 Å². The van der Waals surface area contributed by atoms with E-state index in [1.54, 1.807) is 0 Å². The predicted molar refractivity (Wildman–Crippen MR) is 69.2 cm³/mol. The van der Waals surface area contributed by atoms with Crippen molar-refractivity contribution in [3.05, 3.63) is 34.4 Å². The maximum absolute atomic E-state index is 9.04. The first kappa shape index (κ1) is 13.1. The van der Waals surface area contributed by atoms with Crippen LogP contribution in [0.15, 0.2) is 12.1 Å². The largest absolute Gasteiger partial charge is 0.352 e. The van der Waals surface area contributed by atoms with Gasteiger partial charge in [-0.2, -0.15) is 5.26 Å². The van der Waals surface area contributed by atoms with Crippen molar-refractivity contribution in [3.8, 4) is 6.07 Å². The van der Waals surface area contributed by atoms with Gasteiger partial charge in [0.05, 0.1) is 24.8 Å². The molecule has 1 fully saturated rings. The van der Waals surface area contributed by atoms with Gasteiger partial charge in [-0.15, -0.1) is 0 Å². The molecule has 1 heterocycles. The number of nitriles is 1. The van der Waals surface area contributed by atoms with Crippen LogP contribution in [0.4, 0.5) is 0 Å². The second-order valence-electron chi connectivity index (χ2n) is 5.12. The van der Waals surface area contributed by atoms with Crippen LogP contribution in [0.2, 0.25) is 0 Å². The minimum absolute atomic E-state index is 0.145. The summed E-state index contributed by atoms with van der Waals surface area (Å²) in [6.45, 7) is 7.59. The normalized spacial score (nSPS) is 23.7. The lowest BCUT2D eigenvalue weighted by molar-refractivity contribution is -0.196. The number of nitrogens with zero attached hydrogens (tertiary/aromatic N) is 1. The summed E-state index contributed by atoms with van der Waals surface area (Å²) in [5, 5.41) is 9.04. The number of aryl methyl sites for hydroxylation is 2. The molecule has 0 amide bonds. The number of ether oxygens (including phenoxy) is 2. The van der Waals surface area contributed by atoms with Gasteiger partial charge in [0.15, 0.2) is 6.29 Å². The van der Waals surface area contributed by atoms with Crippen molar-refractivity contribution >= 4 is 0 Å². The zero-order valence-corrected chi connectivity index (χ0v) is 11.2. The molecule has 2 rings (SSSR count). The molecule has 96 valence electrons. The van der Waals surface area contributed by atoms with E-state index in [9.17, 15) is 0 Å². The van der Waals surface area contributed by atoms with Gasteiger partial charge in [-0.3, -0.25) is 0 Å². The van der Waals surface area contributed by atoms with Crippen LogP contribution in [-0.4, -0.2) is 19.5 Å². The Morgan fingerprint density at radius 3 is 2.28 bits per heavy atom. The summed E-state index contributed by atoms with van der Waals surface area (Å²) in [6.07, 6.45) is 0.605. The smallest absolute Gasteiger partial charge is 0.161 e. The molecule has 18 heavy (non-hydrogen) atoms. The van der Waals surface area contributed by atoms with E-state index in [2.05, 4.69) is 25.1 Å². The van der Waals surface area contributed by atoms with Gasteiger partial charge in [0.2, 0.25) is 0 Å². The van der Waals surface area contributed by atoms with Crippen LogP contribution >= 0.6 is 0 Å². The van der Waals surface area contributed by atoms with Gasteiger partial charge in [-0.1, -0.05) is 19.1 Å². The zero-order valence-electron chi connectivity index (χ0n) is 11.2. The van der Waals surface area contributed by atoms with Crippen molar-refractivity contribution in [3.63, 3.8) is 0 Å². The van der Waals surface area contributed by atoms with E-state index >= 15 is 0 Å². The number of hydrogen-bond acceptors (Lipinski definition) is 3. The van der Waals surface area contributed by atoms with Crippen LogP contribution in [0.25, 0.3) is 0 Å². The lowest BCUT2D eigenvalue weighted by Crippen LogP contribution is -2.32. The molecule has 0 spiro atoms. The molecule has 0 saturated carbocycles. The molecule has 0 bridgehead atoms. The maximum Gasteiger partial charge on any atom is 0.161 e. The van der Waals surface area contributed by atoms with Crippen LogP contribution in [-0.2, 0) is 15.9 Å². The quantitative estimate of drug-likeness (QED) is 0.804. The van der Waals surface area contributed by atoms with E-state index in [1.807, 2.05) is 13.8 Å². The Hall–Kier alpha value is -1.37. The summed E-state index contributed by atoms with van der Waals surface area (Å²) in [6, 6.07) is 6.34. The Kier molecular flexibility index (Phi) is 4.00. The summed E-state index contributed by atoms with van der Waals surface area (Å²) in [5.74, 6) is 0.477. The Labute approximate surface area is 108 Å². The molecule has 1 aromatic rings. The van der Waals surface area contributed by atoms with Gasteiger partial charge >= 0.3 is 0 Å². The first-order valence-electron chi connectivity index (χ1n) is 6.33. The van der Waals surface area contributed by atoms with Crippen LogP contribution in [0.5, 0.6) is 0 Å². The highest BCUT2D eigenvalue weighted by Crippen LogP contribution is 2.20. The summed E-state index contributed by atoms with van der Waals surface area (Å²) in [4.78, 5) is 0. The molecular weight excluding hydrogens is 226 g/mol. The number of hydrogen-bond donors (Lipinski definition) is 0. The van der Waals surface area contributed by atoms with Crippen LogP contribution in [0.1, 0.15) is 29.2 Å². The summed E-state index contributed by atoms with van der Waals surface area (Å²) >= 11 is 0. The molecule has 0 radical (unpaired) electrons. The minimum Gasteiger partial charge on any atom is -0.352 e. The summed E-state index contributed by atoms with van der Waals surface area (Å²) in [5.41, 5.74) is 4.00. The van der Waals surface area contributed by atoms with E-state index in [4.69, 9.17) is 14.7 Å². The average Bonchev–Trinajstić information content (AvgIpc) is 2.32. The second kappa shape index (κ2) is 5.51. The third-order valence-corrected chi connectivity index (χ3v) is 3.24. The standard InChI is InChI=1S/C15H19NO2/c1-10-8-17-15(18-9-10)6-13-4-11(2)14(7-16)12(3)5-13/h4-5,10,15H,6,8-9H2,1-3H3. The van der Waals surface area contributed by atoms with E-state index in [-0.39, 0.29) is 6.29 Å². The van der Waals surface area contributed by atoms with E-state index in [1.165, 1.54) is 5.56 Å². The minimum atomic E-state index is -0.145. The van der Waals surface area contributed by atoms with E-state index < -0.39 is 0 Å². The number of benzene rings is 1. The van der Waals surface area contributed by atoms with Gasteiger partial charge in [0, 0.05) is 12.3 Å². The van der Waals surface area contributed by atoms with Crippen LogP contribution < -0.4 is 0 Å². The SMILES string of the molecule is Cc1cc(CC2OCC(C)CO2)cc(C)c1C#N. The van der Waals surface area contributed by atoms with Crippen molar-refractivity contribution in [2.45, 2.75) is 33.5 Å². The zero-order chi connectivity index (χ0) is 13.1. The van der Waals surface area contributed by atoms with Crippen molar-refractivity contribution in [1.82, 2.24) is 0 Å². The molecular formula is C15H19NO2. The van der Waals surface area contributed by atoms with Crippen LogP contribution in [0, 0.1) is 31.1 Å². The highest BCUT2D eigenvalue weighted by molar-refractivity contribution is 5.45. The van der Waals surface area contributed by atoms with E-state index in [0.29, 0.717) is 5.92 Å². The van der Waals surface area contributed by atoms with Gasteiger partial charge in [-0.05, 0) is 30.5 Å². The monoisotopic (exact) mass is 245 g/mol. The Balaban J connectivity index is 2.09. The molecule has 0 N–H and O–H groups in total. The average molecular weight is 245 g/mol. The highest BCUT2D eigenvalue weighted by atomic mass is 16.7. The Morgan fingerprint density at radius 1 is 1.22 bits per heavy atom. The molecule has 0 atom stereocenters. The summed E-state index contributed by atoms with van der Waals surface area (Å²) < 4.78 is 11.3. The fraction of sp³-hybridized carbons (Fsp3) is 0.533. The van der Waals surface area contributed by atoms with Crippen LogP contribution in [0.3, 0.4) is 0 Å². The summed E-state index contributed by atoms with van der Waals surface area (Å²) in [7, 11) is 0. The van der Waals surface area contributed by atoms with Crippen molar-refractivity contribution < 1.29 is 9.47 Å². The third kappa shape index (κ3) is 2.90. The topological polar surface area (TPSA) is 42.2 Å². The van der Waals surface area contributed by atoms with Gasteiger partial charge in [0.25, 0.3) is 0 Å². The third-order valence-electron chi connectivity index (χ3n) is 3.24. The molecule has 1 saturated heterocycles. The highest BCUT2D eigenvalue weighted by Gasteiger charge is 2.19. The first-order valence-corrected chi connectivity index (χ1v) is 6.33. The molecule has 0 unspecified atom stereocenters. The van der Waals surface area contributed by atoms with Gasteiger partial charge in [-0.25, -0.2) is 0 Å². The van der Waals surface area contributed by atoms with Crippen molar-refractivity contribution in [2.75, 3.05) is 13.2 Å². The predicted octanol–water partition coefficient (Wildman–Crippen LogP) is 2.73. The molecule has 1 aliphatic heterocycles. The first-order chi connectivity index (χ1) is 8.60. The maximum atomic E-state index is 9.04. The molecule has 1 aromatic carbocycles. The fourth-order valence-corrected chi connectivity index (χ4v) is 2.30. The second-order valence-corrected chi connectivity index (χ2v) is 5.12. The molecule has 3 nitrogen and oxygen atoms in total. The molecule has 1 aliphatic rings. The molecule has 0 aliphatic carbocycles. The lowest BCUT2D eigenvalue weighted by atomic mass is 9.98. The number of rotatable bonds is 2. The molecule has 0 aromatic heterocycles. The molecule has 3 heteroatoms. The lowest BCUT2D eigenvalue weighted by Gasteiger charge is -2.27. The van der Waals surface area contributed by atoms with Crippen molar-refractivity contribution in [2.24, 2.45) is 5.92 Å². The van der Waals surface area contributed by atoms with Gasteiger partial charge in [0.1, 0.15) is 0 Å². The van der Waals surface area contributed by atoms with Gasteiger partial charge < -0.3 is 9.47 Å². The van der Waals surface area contributed by atoms with Crippen molar-refractivity contribution in [1.29, 1.82) is 5.26 Å². The fourth-order valence-electron chi connectivity index (χ4n) is 2.30. The Bertz CT molecular complexity index is 445. The Morgan fingerprint density at radius 2 is 1.78 bits per heavy atom.